The number of nitrogens with zero attached hydrogens (tertiary/aromatic N) is 2. The van der Waals surface area contributed by atoms with E-state index in [9.17, 15) is 4.79 Å². The lowest BCUT2D eigenvalue weighted by molar-refractivity contribution is -0.123. The van der Waals surface area contributed by atoms with Crippen molar-refractivity contribution in [3.63, 3.8) is 0 Å². The monoisotopic (exact) mass is 228 g/mol. The summed E-state index contributed by atoms with van der Waals surface area (Å²) in [6, 6.07) is 0. The van der Waals surface area contributed by atoms with Gasteiger partial charge in [-0.1, -0.05) is 18.3 Å². The van der Waals surface area contributed by atoms with Gasteiger partial charge in [-0.25, -0.2) is 4.98 Å². The van der Waals surface area contributed by atoms with Crippen molar-refractivity contribution in [3.05, 3.63) is 6.20 Å². The van der Waals surface area contributed by atoms with Crippen LogP contribution in [0.4, 0.5) is 10.1 Å². The molecule has 0 aliphatic carbocycles. The van der Waals surface area contributed by atoms with Gasteiger partial charge in [-0.3, -0.25) is 4.79 Å². The van der Waals surface area contributed by atoms with Crippen molar-refractivity contribution in [2.24, 2.45) is 5.92 Å². The molecule has 1 unspecified atom stereocenters. The fourth-order valence-electron chi connectivity index (χ4n) is 1.27. The molecule has 0 aliphatic rings. The minimum atomic E-state index is -0.0647. The molecule has 0 fully saturated rings. The van der Waals surface area contributed by atoms with Gasteiger partial charge in [0.25, 0.3) is 0 Å². The molecule has 0 spiro atoms. The molecule has 15 heavy (non-hydrogen) atoms. The van der Waals surface area contributed by atoms with Gasteiger partial charge in [0.2, 0.25) is 5.91 Å². The van der Waals surface area contributed by atoms with Gasteiger partial charge in [0, 0.05) is 20.6 Å². The third-order valence-corrected chi connectivity index (χ3v) is 3.02. The molecule has 1 amide bonds. The van der Waals surface area contributed by atoms with Gasteiger partial charge in [0.05, 0.1) is 12.1 Å². The zero-order chi connectivity index (χ0) is 11.4. The zero-order valence-corrected chi connectivity index (χ0v) is 9.97. The third kappa shape index (κ3) is 3.09. The van der Waals surface area contributed by atoms with E-state index in [4.69, 9.17) is 5.73 Å². The molecule has 1 rings (SSSR count). The first-order valence-electron chi connectivity index (χ1n) is 4.68. The second-order valence-electron chi connectivity index (χ2n) is 3.44. The van der Waals surface area contributed by atoms with Crippen LogP contribution in [0.15, 0.2) is 6.20 Å². The van der Waals surface area contributed by atoms with Crippen molar-refractivity contribution >= 4 is 27.4 Å². The number of aromatic nitrogens is 1. The molecule has 84 valence electrons. The quantitative estimate of drug-likeness (QED) is 0.789. The highest BCUT2D eigenvalue weighted by atomic mass is 32.1. The fourth-order valence-corrected chi connectivity index (χ4v) is 1.92. The lowest BCUT2D eigenvalue weighted by Crippen LogP contribution is -2.34. The Morgan fingerprint density at radius 3 is 2.93 bits per heavy atom. The highest BCUT2D eigenvalue weighted by Crippen LogP contribution is 2.23. The first-order chi connectivity index (χ1) is 7.04. The first kappa shape index (κ1) is 11.8. The second kappa shape index (κ2) is 4.97. The van der Waals surface area contributed by atoms with Crippen molar-refractivity contribution in [1.29, 1.82) is 0 Å². The highest BCUT2D eigenvalue weighted by molar-refractivity contribution is 7.19. The molecule has 0 bridgehead atoms. The Morgan fingerprint density at radius 2 is 2.47 bits per heavy atom. The van der Waals surface area contributed by atoms with E-state index in [0.29, 0.717) is 11.5 Å². The Morgan fingerprint density at radius 1 is 1.80 bits per heavy atom. The summed E-state index contributed by atoms with van der Waals surface area (Å²) in [4.78, 5) is 17.4. The molecule has 1 heterocycles. The average molecular weight is 228 g/mol. The van der Waals surface area contributed by atoms with Gasteiger partial charge >= 0.3 is 0 Å². The molecule has 0 saturated heterocycles. The second-order valence-corrected chi connectivity index (χ2v) is 4.48. The molecule has 5 nitrogen and oxygen atoms in total. The summed E-state index contributed by atoms with van der Waals surface area (Å²) in [6.45, 7) is 2.51. The van der Waals surface area contributed by atoms with Crippen LogP contribution in [0.3, 0.4) is 0 Å². The van der Waals surface area contributed by atoms with Crippen LogP contribution in [-0.2, 0) is 4.79 Å². The van der Waals surface area contributed by atoms with E-state index in [1.165, 1.54) is 11.3 Å². The number of carbonyl (C=O) groups excluding carboxylic acids is 1. The van der Waals surface area contributed by atoms with Gasteiger partial charge in [0.15, 0.2) is 5.13 Å². The number of anilines is 2. The lowest BCUT2D eigenvalue weighted by Gasteiger charge is -2.19. The number of hydrogen-bond donors (Lipinski definition) is 2. The Balaban J connectivity index is 2.55. The van der Waals surface area contributed by atoms with Crippen LogP contribution < -0.4 is 16.0 Å². The number of nitrogens with one attached hydrogen (secondary N) is 1. The van der Waals surface area contributed by atoms with Crippen molar-refractivity contribution in [2.45, 2.75) is 6.92 Å². The summed E-state index contributed by atoms with van der Waals surface area (Å²) in [5.41, 5.74) is 5.58. The lowest BCUT2D eigenvalue weighted by atomic mass is 10.1. The molecule has 1 atom stereocenters. The summed E-state index contributed by atoms with van der Waals surface area (Å²) < 4.78 is 0. The van der Waals surface area contributed by atoms with Crippen molar-refractivity contribution in [1.82, 2.24) is 10.3 Å². The molecule has 0 aliphatic heterocycles. The molecule has 0 radical (unpaired) electrons. The normalized spacial score (nSPS) is 12.2. The van der Waals surface area contributed by atoms with Crippen LogP contribution in [0.2, 0.25) is 0 Å². The third-order valence-electron chi connectivity index (χ3n) is 2.08. The zero-order valence-electron chi connectivity index (χ0n) is 9.15. The molecule has 3 N–H and O–H groups in total. The number of carbonyl (C=O) groups is 1. The Bertz CT molecular complexity index is 339. The van der Waals surface area contributed by atoms with Gasteiger partial charge in [-0.05, 0) is 0 Å². The van der Waals surface area contributed by atoms with E-state index in [-0.39, 0.29) is 11.8 Å². The van der Waals surface area contributed by atoms with Gasteiger partial charge in [-0.2, -0.15) is 0 Å². The maximum absolute atomic E-state index is 11.3. The number of thiazole rings is 1. The van der Waals surface area contributed by atoms with Crippen molar-refractivity contribution < 1.29 is 4.79 Å². The van der Waals surface area contributed by atoms with Crippen molar-refractivity contribution in [3.8, 4) is 0 Å². The molecule has 6 heteroatoms. The summed E-state index contributed by atoms with van der Waals surface area (Å²) in [5.74, 6) is -0.0310. The molecular formula is C9H16N4OS. The van der Waals surface area contributed by atoms with E-state index in [1.54, 1.807) is 13.2 Å². The van der Waals surface area contributed by atoms with E-state index < -0.39 is 0 Å². The molecule has 0 aromatic carbocycles. The number of amides is 1. The molecular weight excluding hydrogens is 212 g/mol. The summed E-state index contributed by atoms with van der Waals surface area (Å²) >= 11 is 1.42. The van der Waals surface area contributed by atoms with Crippen LogP contribution in [0, 0.1) is 5.92 Å². The summed E-state index contributed by atoms with van der Waals surface area (Å²) in [6.07, 6.45) is 1.63. The smallest absolute Gasteiger partial charge is 0.224 e. The Hall–Kier alpha value is -1.30. The summed E-state index contributed by atoms with van der Waals surface area (Å²) in [7, 11) is 3.54. The van der Waals surface area contributed by atoms with E-state index in [0.717, 1.165) is 5.13 Å². The maximum Gasteiger partial charge on any atom is 0.224 e. The molecule has 1 aromatic rings. The standard InChI is InChI=1S/C9H16N4OS/c1-6(8(14)11-2)5-13(3)9-12-4-7(10)15-9/h4,6H,5,10H2,1-3H3,(H,11,14). The van der Waals surface area contributed by atoms with Crippen LogP contribution in [-0.4, -0.2) is 31.5 Å². The average Bonchev–Trinajstić information content (AvgIpc) is 2.63. The van der Waals surface area contributed by atoms with Crippen LogP contribution in [0.1, 0.15) is 6.92 Å². The first-order valence-corrected chi connectivity index (χ1v) is 5.50. The minimum absolute atomic E-state index is 0.0337. The molecule has 1 aromatic heterocycles. The minimum Gasteiger partial charge on any atom is -0.389 e. The fraction of sp³-hybridized carbons (Fsp3) is 0.556. The van der Waals surface area contributed by atoms with Crippen LogP contribution in [0.5, 0.6) is 0 Å². The predicted molar refractivity (Wildman–Crippen MR) is 63.0 cm³/mol. The van der Waals surface area contributed by atoms with Crippen molar-refractivity contribution in [2.75, 3.05) is 31.3 Å². The van der Waals surface area contributed by atoms with Crippen LogP contribution >= 0.6 is 11.3 Å². The van der Waals surface area contributed by atoms with E-state index >= 15 is 0 Å². The number of hydrogen-bond acceptors (Lipinski definition) is 5. The number of rotatable bonds is 4. The van der Waals surface area contributed by atoms with Gasteiger partial charge in [-0.15, -0.1) is 0 Å². The van der Waals surface area contributed by atoms with E-state index in [1.807, 2.05) is 18.9 Å². The summed E-state index contributed by atoms with van der Waals surface area (Å²) in [5, 5.41) is 4.14. The Labute approximate surface area is 93.3 Å². The van der Waals surface area contributed by atoms with Gasteiger partial charge in [0.1, 0.15) is 5.00 Å². The predicted octanol–water partition coefficient (Wildman–Crippen LogP) is 0.544. The SMILES string of the molecule is CNC(=O)C(C)CN(C)c1ncc(N)s1. The van der Waals surface area contributed by atoms with Gasteiger partial charge < -0.3 is 16.0 Å². The maximum atomic E-state index is 11.3. The largest absolute Gasteiger partial charge is 0.389 e. The Kier molecular flexibility index (Phi) is 3.90. The van der Waals surface area contributed by atoms with E-state index in [2.05, 4.69) is 10.3 Å². The molecule has 0 saturated carbocycles. The topological polar surface area (TPSA) is 71.2 Å². The number of nitrogen functional groups attached to an aromatic ring is 1. The van der Waals surface area contributed by atoms with Crippen LogP contribution in [0.25, 0.3) is 0 Å². The highest BCUT2D eigenvalue weighted by Gasteiger charge is 2.15. The number of nitrogens with two attached hydrogens (primary N) is 1.